The molecule has 1 N–H and O–H groups in total. The van der Waals surface area contributed by atoms with Crippen LogP contribution in [0.15, 0.2) is 4.47 Å². The van der Waals surface area contributed by atoms with E-state index in [-0.39, 0.29) is 12.2 Å². The standard InChI is InChI=1S/C13H21BrN2O2/c1-3-11-13(14)12(16(2)15-11)8-18-10-6-4-9(17)5-7-10/h9-10,17H,3-8H2,1-2H3. The third-order valence-electron chi connectivity index (χ3n) is 3.60. The lowest BCUT2D eigenvalue weighted by atomic mass is 9.95. The van der Waals surface area contributed by atoms with Gasteiger partial charge in [-0.25, -0.2) is 0 Å². The second-order valence-electron chi connectivity index (χ2n) is 4.93. The average molecular weight is 317 g/mol. The zero-order valence-corrected chi connectivity index (χ0v) is 12.6. The van der Waals surface area contributed by atoms with E-state index in [0.29, 0.717) is 6.61 Å². The second-order valence-corrected chi connectivity index (χ2v) is 5.72. The lowest BCUT2D eigenvalue weighted by Crippen LogP contribution is -2.24. The van der Waals surface area contributed by atoms with E-state index in [1.54, 1.807) is 0 Å². The first-order valence-electron chi connectivity index (χ1n) is 6.61. The number of aliphatic hydroxyl groups excluding tert-OH is 1. The first kappa shape index (κ1) is 14.0. The smallest absolute Gasteiger partial charge is 0.0900 e. The number of ether oxygens (including phenoxy) is 1. The van der Waals surface area contributed by atoms with Crippen LogP contribution in [-0.4, -0.2) is 27.1 Å². The Hall–Kier alpha value is -0.390. The highest BCUT2D eigenvalue weighted by atomic mass is 79.9. The molecule has 0 unspecified atom stereocenters. The Bertz CT molecular complexity index is 398. The zero-order chi connectivity index (χ0) is 13.1. The van der Waals surface area contributed by atoms with Crippen LogP contribution in [0.1, 0.15) is 44.0 Å². The molecule has 4 nitrogen and oxygen atoms in total. The molecule has 1 aromatic rings. The number of hydrogen-bond acceptors (Lipinski definition) is 3. The summed E-state index contributed by atoms with van der Waals surface area (Å²) in [5, 5.41) is 13.9. The molecule has 0 aromatic carbocycles. The molecular weight excluding hydrogens is 296 g/mol. The lowest BCUT2D eigenvalue weighted by Gasteiger charge is -2.25. The first-order valence-corrected chi connectivity index (χ1v) is 7.41. The molecule has 0 atom stereocenters. The Labute approximate surface area is 116 Å². The molecule has 1 aliphatic rings. The number of hydrogen-bond donors (Lipinski definition) is 1. The average Bonchev–Trinajstić information content (AvgIpc) is 2.64. The lowest BCUT2D eigenvalue weighted by molar-refractivity contribution is -0.0141. The maximum atomic E-state index is 9.46. The van der Waals surface area contributed by atoms with Gasteiger partial charge in [-0.15, -0.1) is 0 Å². The molecule has 18 heavy (non-hydrogen) atoms. The van der Waals surface area contributed by atoms with Gasteiger partial charge in [0, 0.05) is 7.05 Å². The Kier molecular flexibility index (Phi) is 4.81. The topological polar surface area (TPSA) is 47.3 Å². The predicted molar refractivity (Wildman–Crippen MR) is 73.3 cm³/mol. The Morgan fingerprint density at radius 1 is 1.39 bits per heavy atom. The van der Waals surface area contributed by atoms with Crippen molar-refractivity contribution in [2.75, 3.05) is 0 Å². The largest absolute Gasteiger partial charge is 0.393 e. The number of aliphatic hydroxyl groups is 1. The summed E-state index contributed by atoms with van der Waals surface area (Å²) < 4.78 is 8.90. The van der Waals surface area contributed by atoms with Gasteiger partial charge in [-0.05, 0) is 48.0 Å². The number of aryl methyl sites for hydroxylation is 2. The van der Waals surface area contributed by atoms with Crippen LogP contribution in [0.4, 0.5) is 0 Å². The quantitative estimate of drug-likeness (QED) is 0.928. The summed E-state index contributed by atoms with van der Waals surface area (Å²) in [6.07, 6.45) is 4.70. The molecule has 0 amide bonds. The fourth-order valence-electron chi connectivity index (χ4n) is 2.39. The Morgan fingerprint density at radius 2 is 2.06 bits per heavy atom. The highest BCUT2D eigenvalue weighted by molar-refractivity contribution is 9.10. The van der Waals surface area contributed by atoms with Crippen LogP contribution in [0.3, 0.4) is 0 Å². The van der Waals surface area contributed by atoms with Gasteiger partial charge in [0.25, 0.3) is 0 Å². The molecule has 0 spiro atoms. The molecule has 1 aromatic heterocycles. The van der Waals surface area contributed by atoms with Crippen LogP contribution in [0.25, 0.3) is 0 Å². The molecule has 1 aliphatic carbocycles. The number of nitrogens with zero attached hydrogens (tertiary/aromatic N) is 2. The van der Waals surface area contributed by atoms with Gasteiger partial charge < -0.3 is 9.84 Å². The molecule has 0 radical (unpaired) electrons. The monoisotopic (exact) mass is 316 g/mol. The summed E-state index contributed by atoms with van der Waals surface area (Å²) in [6.45, 7) is 2.69. The molecular formula is C13H21BrN2O2. The van der Waals surface area contributed by atoms with Crippen LogP contribution in [-0.2, 0) is 24.8 Å². The molecule has 5 heteroatoms. The molecule has 102 valence electrons. The number of rotatable bonds is 4. The summed E-state index contributed by atoms with van der Waals surface area (Å²) in [6, 6.07) is 0. The molecule has 0 aliphatic heterocycles. The minimum Gasteiger partial charge on any atom is -0.393 e. The third kappa shape index (κ3) is 3.13. The molecule has 1 heterocycles. The van der Waals surface area contributed by atoms with Crippen molar-refractivity contribution in [2.45, 2.75) is 57.8 Å². The van der Waals surface area contributed by atoms with E-state index in [1.165, 1.54) is 0 Å². The number of aromatic nitrogens is 2. The van der Waals surface area contributed by atoms with Crippen molar-refractivity contribution < 1.29 is 9.84 Å². The highest BCUT2D eigenvalue weighted by Crippen LogP contribution is 2.25. The minimum atomic E-state index is -0.125. The maximum Gasteiger partial charge on any atom is 0.0900 e. The molecule has 0 bridgehead atoms. The summed E-state index contributed by atoms with van der Waals surface area (Å²) in [7, 11) is 1.95. The van der Waals surface area contributed by atoms with Crippen LogP contribution in [0, 0.1) is 0 Å². The minimum absolute atomic E-state index is 0.125. The van der Waals surface area contributed by atoms with E-state index in [4.69, 9.17) is 4.74 Å². The van der Waals surface area contributed by atoms with E-state index in [9.17, 15) is 5.11 Å². The van der Waals surface area contributed by atoms with Gasteiger partial charge in [0.05, 0.1) is 34.7 Å². The normalized spacial score (nSPS) is 24.4. The van der Waals surface area contributed by atoms with E-state index in [2.05, 4.69) is 28.0 Å². The van der Waals surface area contributed by atoms with Crippen molar-refractivity contribution >= 4 is 15.9 Å². The fourth-order valence-corrected chi connectivity index (χ4v) is 3.12. The van der Waals surface area contributed by atoms with Gasteiger partial charge in [-0.1, -0.05) is 6.92 Å². The zero-order valence-electron chi connectivity index (χ0n) is 11.0. The second kappa shape index (κ2) is 6.17. The number of halogens is 1. The molecule has 1 fully saturated rings. The van der Waals surface area contributed by atoms with Crippen molar-refractivity contribution in [3.63, 3.8) is 0 Å². The van der Waals surface area contributed by atoms with Crippen LogP contribution in [0.2, 0.25) is 0 Å². The molecule has 0 saturated heterocycles. The van der Waals surface area contributed by atoms with E-state index in [0.717, 1.165) is 48.0 Å². The van der Waals surface area contributed by atoms with Gasteiger partial charge in [-0.3, -0.25) is 4.68 Å². The summed E-state index contributed by atoms with van der Waals surface area (Å²) in [4.78, 5) is 0. The van der Waals surface area contributed by atoms with E-state index in [1.807, 2.05) is 11.7 Å². The first-order chi connectivity index (χ1) is 8.61. The van der Waals surface area contributed by atoms with Crippen LogP contribution in [0.5, 0.6) is 0 Å². The van der Waals surface area contributed by atoms with Crippen LogP contribution < -0.4 is 0 Å². The van der Waals surface area contributed by atoms with Crippen molar-refractivity contribution in [3.05, 3.63) is 15.9 Å². The summed E-state index contributed by atoms with van der Waals surface area (Å²) in [5.74, 6) is 0. The van der Waals surface area contributed by atoms with Crippen molar-refractivity contribution in [1.29, 1.82) is 0 Å². The highest BCUT2D eigenvalue weighted by Gasteiger charge is 2.21. The maximum absolute atomic E-state index is 9.46. The van der Waals surface area contributed by atoms with E-state index < -0.39 is 0 Å². The van der Waals surface area contributed by atoms with Crippen LogP contribution >= 0.6 is 15.9 Å². The molecule has 1 saturated carbocycles. The van der Waals surface area contributed by atoms with Gasteiger partial charge in [0.2, 0.25) is 0 Å². The third-order valence-corrected chi connectivity index (χ3v) is 4.52. The van der Waals surface area contributed by atoms with Gasteiger partial charge >= 0.3 is 0 Å². The van der Waals surface area contributed by atoms with Gasteiger partial charge in [0.1, 0.15) is 0 Å². The Balaban J connectivity index is 1.92. The van der Waals surface area contributed by atoms with Gasteiger partial charge in [0.15, 0.2) is 0 Å². The SMILES string of the molecule is CCc1nn(C)c(COC2CCC(O)CC2)c1Br. The van der Waals surface area contributed by atoms with Crippen molar-refractivity contribution in [2.24, 2.45) is 7.05 Å². The van der Waals surface area contributed by atoms with Crippen molar-refractivity contribution in [1.82, 2.24) is 9.78 Å². The summed E-state index contributed by atoms with van der Waals surface area (Å²) in [5.41, 5.74) is 2.17. The van der Waals surface area contributed by atoms with Crippen molar-refractivity contribution in [3.8, 4) is 0 Å². The van der Waals surface area contributed by atoms with E-state index >= 15 is 0 Å². The molecule has 2 rings (SSSR count). The van der Waals surface area contributed by atoms with Gasteiger partial charge in [-0.2, -0.15) is 5.10 Å². The predicted octanol–water partition coefficient (Wildman–Crippen LogP) is 2.57. The fraction of sp³-hybridized carbons (Fsp3) is 0.769. The summed E-state index contributed by atoms with van der Waals surface area (Å²) >= 11 is 3.59. The Morgan fingerprint density at radius 3 is 2.61 bits per heavy atom.